The molecular weight excluding hydrogens is 206 g/mol. The SMILES string of the molecule is COC(=O)c1ccc(N(C)C)c(C(=N)N)c1. The van der Waals surface area contributed by atoms with Gasteiger partial charge in [0.1, 0.15) is 5.84 Å². The van der Waals surface area contributed by atoms with Crippen molar-refractivity contribution < 1.29 is 9.53 Å². The molecule has 5 heteroatoms. The first-order valence-electron chi connectivity index (χ1n) is 4.71. The topological polar surface area (TPSA) is 79.4 Å². The second-order valence-corrected chi connectivity index (χ2v) is 3.53. The number of anilines is 1. The van der Waals surface area contributed by atoms with Crippen LogP contribution in [0.1, 0.15) is 15.9 Å². The number of hydrogen-bond donors (Lipinski definition) is 2. The molecule has 1 rings (SSSR count). The van der Waals surface area contributed by atoms with Crippen molar-refractivity contribution in [1.82, 2.24) is 0 Å². The summed E-state index contributed by atoms with van der Waals surface area (Å²) in [6.45, 7) is 0. The number of esters is 1. The van der Waals surface area contributed by atoms with E-state index >= 15 is 0 Å². The quantitative estimate of drug-likeness (QED) is 0.450. The van der Waals surface area contributed by atoms with Crippen LogP contribution in [0.5, 0.6) is 0 Å². The Kier molecular flexibility index (Phi) is 3.50. The van der Waals surface area contributed by atoms with Crippen LogP contribution >= 0.6 is 0 Å². The highest BCUT2D eigenvalue weighted by atomic mass is 16.5. The maximum atomic E-state index is 11.3. The van der Waals surface area contributed by atoms with Gasteiger partial charge < -0.3 is 15.4 Å². The van der Waals surface area contributed by atoms with E-state index < -0.39 is 5.97 Å². The molecule has 0 saturated heterocycles. The third-order valence-electron chi connectivity index (χ3n) is 2.19. The fourth-order valence-electron chi connectivity index (χ4n) is 1.39. The summed E-state index contributed by atoms with van der Waals surface area (Å²) in [6, 6.07) is 4.94. The Morgan fingerprint density at radius 3 is 2.50 bits per heavy atom. The molecule has 0 bridgehead atoms. The Balaban J connectivity index is 3.28. The van der Waals surface area contributed by atoms with Crippen LogP contribution in [0.25, 0.3) is 0 Å². The van der Waals surface area contributed by atoms with Gasteiger partial charge in [0.2, 0.25) is 0 Å². The molecule has 0 aliphatic heterocycles. The number of carbonyl (C=O) groups excluding carboxylic acids is 1. The van der Waals surface area contributed by atoms with Crippen LogP contribution in [0, 0.1) is 5.41 Å². The lowest BCUT2D eigenvalue weighted by molar-refractivity contribution is 0.0601. The van der Waals surface area contributed by atoms with Gasteiger partial charge in [0, 0.05) is 25.3 Å². The number of rotatable bonds is 3. The van der Waals surface area contributed by atoms with Crippen molar-refractivity contribution >= 4 is 17.5 Å². The van der Waals surface area contributed by atoms with E-state index in [4.69, 9.17) is 11.1 Å². The summed E-state index contributed by atoms with van der Waals surface area (Å²) in [5.74, 6) is -0.512. The number of carbonyl (C=O) groups is 1. The lowest BCUT2D eigenvalue weighted by Crippen LogP contribution is -2.19. The Hall–Kier alpha value is -2.04. The van der Waals surface area contributed by atoms with Crippen LogP contribution in [0.15, 0.2) is 18.2 Å². The summed E-state index contributed by atoms with van der Waals surface area (Å²) >= 11 is 0. The van der Waals surface area contributed by atoms with Crippen LogP contribution < -0.4 is 10.6 Å². The minimum absolute atomic E-state index is 0.0746. The minimum atomic E-state index is -0.437. The molecular formula is C11H15N3O2. The van der Waals surface area contributed by atoms with Crippen LogP contribution in [-0.4, -0.2) is 33.0 Å². The van der Waals surface area contributed by atoms with Crippen molar-refractivity contribution in [2.45, 2.75) is 0 Å². The first-order valence-corrected chi connectivity index (χ1v) is 4.71. The average Bonchev–Trinajstić information content (AvgIpc) is 2.26. The zero-order chi connectivity index (χ0) is 12.3. The standard InChI is InChI=1S/C11H15N3O2/c1-14(2)9-5-4-7(11(15)16-3)6-8(9)10(12)13/h4-6H,1-3H3,(H3,12,13). The van der Waals surface area contributed by atoms with Crippen molar-refractivity contribution in [1.29, 1.82) is 5.41 Å². The number of amidine groups is 1. The molecule has 0 aliphatic carbocycles. The van der Waals surface area contributed by atoms with Gasteiger partial charge in [-0.25, -0.2) is 4.79 Å². The second-order valence-electron chi connectivity index (χ2n) is 3.53. The third-order valence-corrected chi connectivity index (χ3v) is 2.19. The predicted octanol–water partition coefficient (Wildman–Crippen LogP) is 0.823. The number of nitrogens with two attached hydrogens (primary N) is 1. The molecule has 0 aromatic heterocycles. The van der Waals surface area contributed by atoms with Crippen molar-refractivity contribution in [2.75, 3.05) is 26.1 Å². The predicted molar refractivity (Wildman–Crippen MR) is 63.1 cm³/mol. The van der Waals surface area contributed by atoms with Gasteiger partial charge in [-0.2, -0.15) is 0 Å². The number of ether oxygens (including phenoxy) is 1. The molecule has 0 saturated carbocycles. The number of nitrogen functional groups attached to an aromatic ring is 1. The minimum Gasteiger partial charge on any atom is -0.465 e. The molecule has 3 N–H and O–H groups in total. The highest BCUT2D eigenvalue weighted by Crippen LogP contribution is 2.20. The van der Waals surface area contributed by atoms with Gasteiger partial charge >= 0.3 is 5.97 Å². The van der Waals surface area contributed by atoms with Crippen molar-refractivity contribution in [3.63, 3.8) is 0 Å². The van der Waals surface area contributed by atoms with Gasteiger partial charge in [-0.05, 0) is 18.2 Å². The second kappa shape index (κ2) is 4.65. The first kappa shape index (κ1) is 12.0. The summed E-state index contributed by atoms with van der Waals surface area (Å²) in [5.41, 5.74) is 7.17. The average molecular weight is 221 g/mol. The molecule has 5 nitrogen and oxygen atoms in total. The first-order chi connectivity index (χ1) is 7.47. The van der Waals surface area contributed by atoms with E-state index in [9.17, 15) is 4.79 Å². The van der Waals surface area contributed by atoms with E-state index in [1.165, 1.54) is 7.11 Å². The van der Waals surface area contributed by atoms with E-state index in [1.807, 2.05) is 19.0 Å². The molecule has 0 atom stereocenters. The largest absolute Gasteiger partial charge is 0.465 e. The Morgan fingerprint density at radius 2 is 2.06 bits per heavy atom. The van der Waals surface area contributed by atoms with Gasteiger partial charge in [0.25, 0.3) is 0 Å². The number of methoxy groups -OCH3 is 1. The van der Waals surface area contributed by atoms with Crippen molar-refractivity contribution in [3.8, 4) is 0 Å². The van der Waals surface area contributed by atoms with Gasteiger partial charge in [-0.3, -0.25) is 5.41 Å². The Bertz CT molecular complexity index is 427. The number of nitrogens with one attached hydrogen (secondary N) is 1. The van der Waals surface area contributed by atoms with Crippen LogP contribution in [0.4, 0.5) is 5.69 Å². The van der Waals surface area contributed by atoms with Crippen LogP contribution in [0.2, 0.25) is 0 Å². The highest BCUT2D eigenvalue weighted by Gasteiger charge is 2.12. The lowest BCUT2D eigenvalue weighted by Gasteiger charge is -2.17. The van der Waals surface area contributed by atoms with E-state index in [1.54, 1.807) is 18.2 Å². The zero-order valence-corrected chi connectivity index (χ0v) is 9.57. The molecule has 0 aliphatic rings. The highest BCUT2D eigenvalue weighted by molar-refractivity contribution is 6.03. The number of benzene rings is 1. The van der Waals surface area contributed by atoms with E-state index in [-0.39, 0.29) is 5.84 Å². The maximum Gasteiger partial charge on any atom is 0.337 e. The molecule has 16 heavy (non-hydrogen) atoms. The van der Waals surface area contributed by atoms with Gasteiger partial charge in [0.15, 0.2) is 0 Å². The van der Waals surface area contributed by atoms with E-state index in [0.29, 0.717) is 11.1 Å². The Morgan fingerprint density at radius 1 is 1.44 bits per heavy atom. The van der Waals surface area contributed by atoms with E-state index in [2.05, 4.69) is 4.74 Å². The van der Waals surface area contributed by atoms with Gasteiger partial charge in [-0.15, -0.1) is 0 Å². The van der Waals surface area contributed by atoms with E-state index in [0.717, 1.165) is 5.69 Å². The summed E-state index contributed by atoms with van der Waals surface area (Å²) in [7, 11) is 5.01. The van der Waals surface area contributed by atoms with Crippen LogP contribution in [0.3, 0.4) is 0 Å². The smallest absolute Gasteiger partial charge is 0.337 e. The maximum absolute atomic E-state index is 11.3. The van der Waals surface area contributed by atoms with Crippen molar-refractivity contribution in [2.24, 2.45) is 5.73 Å². The molecule has 0 unspecified atom stereocenters. The normalized spacial score (nSPS) is 9.69. The van der Waals surface area contributed by atoms with Crippen molar-refractivity contribution in [3.05, 3.63) is 29.3 Å². The molecule has 0 spiro atoms. The summed E-state index contributed by atoms with van der Waals surface area (Å²) in [6.07, 6.45) is 0. The molecule has 1 aromatic carbocycles. The molecule has 0 heterocycles. The van der Waals surface area contributed by atoms with Gasteiger partial charge in [0.05, 0.1) is 12.7 Å². The molecule has 0 radical (unpaired) electrons. The lowest BCUT2D eigenvalue weighted by atomic mass is 10.1. The number of hydrogen-bond acceptors (Lipinski definition) is 4. The fourth-order valence-corrected chi connectivity index (χ4v) is 1.39. The molecule has 0 amide bonds. The Labute approximate surface area is 94.3 Å². The zero-order valence-electron chi connectivity index (χ0n) is 9.57. The summed E-state index contributed by atoms with van der Waals surface area (Å²) in [5, 5.41) is 7.46. The number of nitrogens with zero attached hydrogens (tertiary/aromatic N) is 1. The molecule has 86 valence electrons. The molecule has 0 fully saturated rings. The summed E-state index contributed by atoms with van der Waals surface area (Å²) in [4.78, 5) is 13.2. The van der Waals surface area contributed by atoms with Gasteiger partial charge in [-0.1, -0.05) is 0 Å². The third kappa shape index (κ3) is 2.31. The fraction of sp³-hybridized carbons (Fsp3) is 0.273. The summed E-state index contributed by atoms with van der Waals surface area (Å²) < 4.78 is 4.61. The monoisotopic (exact) mass is 221 g/mol. The van der Waals surface area contributed by atoms with Crippen LogP contribution in [-0.2, 0) is 4.74 Å². The molecule has 1 aromatic rings.